The smallest absolute Gasteiger partial charge is 0.211 e. The Labute approximate surface area is 206 Å². The van der Waals surface area contributed by atoms with Crippen molar-refractivity contribution < 1.29 is 21.6 Å². The van der Waals surface area contributed by atoms with Crippen molar-refractivity contribution in [2.45, 2.75) is 50.3 Å². The molecule has 0 atom stereocenters. The number of aromatic nitrogens is 1. The van der Waals surface area contributed by atoms with Crippen LogP contribution in [0.5, 0.6) is 0 Å². The summed E-state index contributed by atoms with van der Waals surface area (Å²) < 4.78 is 56.1. The second-order valence-electron chi connectivity index (χ2n) is 8.91. The molecule has 0 saturated heterocycles. The molecule has 4 aromatic rings. The fourth-order valence-corrected chi connectivity index (χ4v) is 8.68. The van der Waals surface area contributed by atoms with Gasteiger partial charge in [-0.2, -0.15) is 0 Å². The highest BCUT2D eigenvalue weighted by atomic mass is 32.2. The SMILES string of the molecule is CCCS(=O)(=O)c1c(S(=O)(=O)CCC)c2c3ccccc3ccn2c1C(=O)c1ccc(C)cc1C. The molecule has 0 amide bonds. The summed E-state index contributed by atoms with van der Waals surface area (Å²) in [6.45, 7) is 7.15. The van der Waals surface area contributed by atoms with E-state index in [1.165, 1.54) is 4.40 Å². The second kappa shape index (κ2) is 9.24. The number of sulfone groups is 2. The Hall–Kier alpha value is -2.97. The highest BCUT2D eigenvalue weighted by Crippen LogP contribution is 2.39. The minimum absolute atomic E-state index is 0.124. The van der Waals surface area contributed by atoms with Crippen molar-refractivity contribution in [1.29, 1.82) is 0 Å². The van der Waals surface area contributed by atoms with Gasteiger partial charge in [-0.05, 0) is 43.7 Å². The molecule has 184 valence electrons. The van der Waals surface area contributed by atoms with Crippen molar-refractivity contribution >= 4 is 41.7 Å². The molecule has 0 spiro atoms. The monoisotopic (exact) mass is 511 g/mol. The van der Waals surface area contributed by atoms with Gasteiger partial charge in [-0.1, -0.05) is 61.9 Å². The fourth-order valence-electron chi connectivity index (χ4n) is 4.69. The van der Waals surface area contributed by atoms with Gasteiger partial charge < -0.3 is 4.40 Å². The van der Waals surface area contributed by atoms with Crippen LogP contribution in [-0.4, -0.2) is 38.5 Å². The van der Waals surface area contributed by atoms with Crippen LogP contribution >= 0.6 is 0 Å². The quantitative estimate of drug-likeness (QED) is 0.299. The number of pyridine rings is 1. The number of hydrogen-bond donors (Lipinski definition) is 0. The van der Waals surface area contributed by atoms with E-state index >= 15 is 0 Å². The maximum atomic E-state index is 14.0. The lowest BCUT2D eigenvalue weighted by Gasteiger charge is -2.11. The van der Waals surface area contributed by atoms with Crippen LogP contribution in [0.4, 0.5) is 0 Å². The maximum absolute atomic E-state index is 14.0. The molecule has 35 heavy (non-hydrogen) atoms. The average molecular weight is 512 g/mol. The van der Waals surface area contributed by atoms with E-state index in [0.717, 1.165) is 10.9 Å². The highest BCUT2D eigenvalue weighted by molar-refractivity contribution is 7.94. The molecule has 2 heterocycles. The van der Waals surface area contributed by atoms with Crippen LogP contribution in [0.15, 0.2) is 64.5 Å². The van der Waals surface area contributed by atoms with Crippen molar-refractivity contribution in [3.63, 3.8) is 0 Å². The molecule has 0 unspecified atom stereocenters. The predicted octanol–water partition coefficient (Wildman–Crippen LogP) is 5.31. The van der Waals surface area contributed by atoms with Crippen molar-refractivity contribution in [3.8, 4) is 0 Å². The van der Waals surface area contributed by atoms with Gasteiger partial charge in [0.15, 0.2) is 19.7 Å². The fraction of sp³-hybridized carbons (Fsp3) is 0.296. The number of carbonyl (C=O) groups is 1. The molecule has 0 aliphatic carbocycles. The zero-order valence-corrected chi connectivity index (χ0v) is 22.0. The lowest BCUT2D eigenvalue weighted by Crippen LogP contribution is -2.17. The molecule has 8 heteroatoms. The van der Waals surface area contributed by atoms with Gasteiger partial charge in [0, 0.05) is 17.1 Å². The van der Waals surface area contributed by atoms with Crippen LogP contribution in [0.3, 0.4) is 0 Å². The molecule has 4 rings (SSSR count). The third-order valence-corrected chi connectivity index (χ3v) is 10.2. The number of nitrogens with zero attached hydrogens (tertiary/aromatic N) is 1. The first-order valence-electron chi connectivity index (χ1n) is 11.7. The number of rotatable bonds is 8. The number of benzene rings is 2. The summed E-state index contributed by atoms with van der Waals surface area (Å²) in [5.41, 5.74) is 2.12. The zero-order valence-electron chi connectivity index (χ0n) is 20.3. The van der Waals surface area contributed by atoms with Gasteiger partial charge in [-0.3, -0.25) is 4.79 Å². The van der Waals surface area contributed by atoms with Gasteiger partial charge in [0.1, 0.15) is 15.5 Å². The summed E-state index contributed by atoms with van der Waals surface area (Å²) in [7, 11) is -8.12. The van der Waals surface area contributed by atoms with Crippen LogP contribution in [-0.2, 0) is 19.7 Å². The number of fused-ring (bicyclic) bond motifs is 3. The van der Waals surface area contributed by atoms with Crippen molar-refractivity contribution in [1.82, 2.24) is 4.40 Å². The summed E-state index contributed by atoms with van der Waals surface area (Å²) in [5.74, 6) is -0.994. The van der Waals surface area contributed by atoms with Gasteiger partial charge in [0.25, 0.3) is 0 Å². The van der Waals surface area contributed by atoms with E-state index in [1.807, 2.05) is 25.1 Å². The predicted molar refractivity (Wildman–Crippen MR) is 139 cm³/mol. The van der Waals surface area contributed by atoms with Gasteiger partial charge in [-0.25, -0.2) is 16.8 Å². The normalized spacial score (nSPS) is 12.5. The summed E-state index contributed by atoms with van der Waals surface area (Å²) >= 11 is 0. The average Bonchev–Trinajstić information content (AvgIpc) is 3.16. The third-order valence-electron chi connectivity index (χ3n) is 6.15. The van der Waals surface area contributed by atoms with Gasteiger partial charge in [0.2, 0.25) is 5.78 Å². The van der Waals surface area contributed by atoms with Gasteiger partial charge in [-0.15, -0.1) is 0 Å². The maximum Gasteiger partial charge on any atom is 0.211 e. The summed E-state index contributed by atoms with van der Waals surface area (Å²) in [5, 5.41) is 1.34. The van der Waals surface area contributed by atoms with Crippen LogP contribution in [0.1, 0.15) is 53.9 Å². The van der Waals surface area contributed by atoms with Gasteiger partial charge in [0.05, 0.1) is 17.0 Å². The van der Waals surface area contributed by atoms with Crippen molar-refractivity contribution in [2.24, 2.45) is 0 Å². The summed E-state index contributed by atoms with van der Waals surface area (Å²) in [6.07, 6.45) is 2.21. The van der Waals surface area contributed by atoms with Crippen molar-refractivity contribution in [3.05, 3.63) is 77.1 Å². The van der Waals surface area contributed by atoms with E-state index in [9.17, 15) is 21.6 Å². The lowest BCUT2D eigenvalue weighted by molar-refractivity contribution is 0.102. The minimum Gasteiger partial charge on any atom is -0.311 e. The first-order chi connectivity index (χ1) is 16.5. The van der Waals surface area contributed by atoms with Crippen LogP contribution < -0.4 is 0 Å². The lowest BCUT2D eigenvalue weighted by atomic mass is 10.0. The molecule has 0 fully saturated rings. The van der Waals surface area contributed by atoms with E-state index in [0.29, 0.717) is 29.4 Å². The van der Waals surface area contributed by atoms with E-state index in [2.05, 4.69) is 0 Å². The van der Waals surface area contributed by atoms with Crippen LogP contribution in [0.2, 0.25) is 0 Å². The Morgan fingerprint density at radius 2 is 1.46 bits per heavy atom. The number of ketones is 1. The second-order valence-corrected chi connectivity index (χ2v) is 13.0. The Balaban J connectivity index is 2.27. The standard InChI is InChI=1S/C27H29NO5S2/c1-5-15-34(30,31)26-23-22-10-8-7-9-20(22)13-14-28(23)24(27(26)35(32,33)16-6-2)25(29)21-12-11-18(3)17-19(21)4/h7-14,17H,5-6,15-16H2,1-4H3. The zero-order chi connectivity index (χ0) is 25.5. The molecule has 0 aliphatic rings. The molecular weight excluding hydrogens is 482 g/mol. The van der Waals surface area contributed by atoms with E-state index in [-0.39, 0.29) is 32.5 Å². The number of carbonyl (C=O) groups excluding carboxylic acids is 1. The molecule has 2 aromatic carbocycles. The third kappa shape index (κ3) is 4.29. The molecule has 0 radical (unpaired) electrons. The molecular formula is C27H29NO5S2. The van der Waals surface area contributed by atoms with Gasteiger partial charge >= 0.3 is 0 Å². The molecule has 0 aliphatic heterocycles. The number of hydrogen-bond acceptors (Lipinski definition) is 5. The van der Waals surface area contributed by atoms with Crippen LogP contribution in [0, 0.1) is 13.8 Å². The molecule has 2 aromatic heterocycles. The number of aryl methyl sites for hydroxylation is 2. The van der Waals surface area contributed by atoms with Crippen LogP contribution in [0.25, 0.3) is 16.3 Å². The Bertz CT molecular complexity index is 1680. The minimum atomic E-state index is -4.10. The first-order valence-corrected chi connectivity index (χ1v) is 15.0. The first kappa shape index (κ1) is 25.1. The van der Waals surface area contributed by atoms with E-state index in [4.69, 9.17) is 0 Å². The molecule has 0 bridgehead atoms. The van der Waals surface area contributed by atoms with E-state index < -0.39 is 25.5 Å². The van der Waals surface area contributed by atoms with Crippen molar-refractivity contribution in [2.75, 3.05) is 11.5 Å². The molecule has 6 nitrogen and oxygen atoms in total. The largest absolute Gasteiger partial charge is 0.311 e. The molecule has 0 saturated carbocycles. The summed E-state index contributed by atoms with van der Waals surface area (Å²) in [6, 6.07) is 14.3. The van der Waals surface area contributed by atoms with E-state index in [1.54, 1.807) is 57.3 Å². The topological polar surface area (TPSA) is 89.8 Å². The Morgan fingerprint density at radius 3 is 2.09 bits per heavy atom. The molecule has 0 N–H and O–H groups in total. The summed E-state index contributed by atoms with van der Waals surface area (Å²) in [4.78, 5) is 13.4. The highest BCUT2D eigenvalue weighted by Gasteiger charge is 2.38. The Morgan fingerprint density at radius 1 is 0.829 bits per heavy atom. The Kier molecular flexibility index (Phi) is 6.64.